The summed E-state index contributed by atoms with van der Waals surface area (Å²) in [5.41, 5.74) is 2.62. The van der Waals surface area contributed by atoms with E-state index in [0.717, 1.165) is 32.2 Å². The molecule has 0 aliphatic rings. The molecule has 0 atom stereocenters. The van der Waals surface area contributed by atoms with Crippen molar-refractivity contribution in [3.05, 3.63) is 48.7 Å². The van der Waals surface area contributed by atoms with Gasteiger partial charge in [-0.15, -0.1) is 0 Å². The van der Waals surface area contributed by atoms with Crippen LogP contribution in [0.15, 0.2) is 48.7 Å². The summed E-state index contributed by atoms with van der Waals surface area (Å²) in [6.45, 7) is 0. The third-order valence-electron chi connectivity index (χ3n) is 3.98. The second kappa shape index (κ2) is 6.73. The highest BCUT2D eigenvalue weighted by Gasteiger charge is 2.14. The molecule has 1 N–H and O–H groups in total. The van der Waals surface area contributed by atoms with Gasteiger partial charge in [0.1, 0.15) is 17.9 Å². The normalized spacial score (nSPS) is 11.0. The number of carboxylic acids is 1. The van der Waals surface area contributed by atoms with Crippen molar-refractivity contribution in [3.63, 3.8) is 0 Å². The first-order valence-electron chi connectivity index (χ1n) is 8.02. The smallest absolute Gasteiger partial charge is 0.322 e. The van der Waals surface area contributed by atoms with Crippen molar-refractivity contribution >= 4 is 38.5 Å². The zero-order chi connectivity index (χ0) is 19.0. The molecular weight excluding hydrogens is 368 g/mol. The van der Waals surface area contributed by atoms with Crippen LogP contribution in [0.3, 0.4) is 0 Å². The lowest BCUT2D eigenvalue weighted by atomic mass is 10.2. The fraction of sp³-hybridized carbons (Fsp3) is 0.105. The number of rotatable bonds is 5. The Bertz CT molecular complexity index is 1160. The molecular formula is C19H14N2O5S. The van der Waals surface area contributed by atoms with Crippen LogP contribution in [0.4, 0.5) is 0 Å². The number of nitrogens with zero attached hydrogens (tertiary/aromatic N) is 2. The number of thiazole rings is 1. The van der Waals surface area contributed by atoms with Gasteiger partial charge in [-0.05, 0) is 36.4 Å². The number of methoxy groups -OCH3 is 1. The van der Waals surface area contributed by atoms with Crippen molar-refractivity contribution in [2.75, 3.05) is 7.11 Å². The number of hydrogen-bond donors (Lipinski definition) is 1. The van der Waals surface area contributed by atoms with Gasteiger partial charge in [0.05, 0.1) is 23.0 Å². The zero-order valence-corrected chi connectivity index (χ0v) is 15.0. The van der Waals surface area contributed by atoms with Crippen LogP contribution in [0.25, 0.3) is 26.4 Å². The van der Waals surface area contributed by atoms with E-state index < -0.39 is 18.4 Å². The van der Waals surface area contributed by atoms with Gasteiger partial charge in [-0.1, -0.05) is 11.3 Å². The Labute approximate surface area is 157 Å². The minimum atomic E-state index is -1.22. The van der Waals surface area contributed by atoms with Gasteiger partial charge in [0.2, 0.25) is 0 Å². The lowest BCUT2D eigenvalue weighted by Gasteiger charge is -2.03. The third-order valence-corrected chi connectivity index (χ3v) is 5.01. The van der Waals surface area contributed by atoms with E-state index in [1.807, 2.05) is 40.9 Å². The minimum absolute atomic E-state index is 0.299. The van der Waals surface area contributed by atoms with Crippen molar-refractivity contribution in [1.29, 1.82) is 0 Å². The minimum Gasteiger partial charge on any atom is -0.497 e. The standard InChI is InChI=1S/C19H14N2O5S/c1-25-12-4-2-11(3-5-12)14-10-21-15-8-13(26-18(24)9-17(22)23)6-7-16(15)27-19(21)20-14/h2-8,10H,9H2,1H3,(H,22,23). The fourth-order valence-corrected chi connectivity index (χ4v) is 3.72. The third kappa shape index (κ3) is 3.34. The first-order valence-corrected chi connectivity index (χ1v) is 8.84. The number of carboxylic acid groups (broad SMARTS) is 1. The number of fused-ring (bicyclic) bond motifs is 3. The monoisotopic (exact) mass is 382 g/mol. The summed E-state index contributed by atoms with van der Waals surface area (Å²) in [6, 6.07) is 12.8. The van der Waals surface area contributed by atoms with Gasteiger partial charge in [-0.25, -0.2) is 4.98 Å². The van der Waals surface area contributed by atoms with E-state index >= 15 is 0 Å². The summed E-state index contributed by atoms with van der Waals surface area (Å²) < 4.78 is 13.2. The molecule has 2 aromatic carbocycles. The highest BCUT2D eigenvalue weighted by Crippen LogP contribution is 2.32. The Morgan fingerprint density at radius 3 is 2.59 bits per heavy atom. The van der Waals surface area contributed by atoms with Gasteiger partial charge >= 0.3 is 11.9 Å². The maximum absolute atomic E-state index is 11.6. The maximum atomic E-state index is 11.6. The number of benzene rings is 2. The summed E-state index contributed by atoms with van der Waals surface area (Å²) in [7, 11) is 1.62. The molecule has 2 aromatic heterocycles. The van der Waals surface area contributed by atoms with E-state index in [-0.39, 0.29) is 0 Å². The molecule has 0 saturated heterocycles. The summed E-state index contributed by atoms with van der Waals surface area (Å²) in [5, 5.41) is 8.67. The molecule has 8 heteroatoms. The largest absolute Gasteiger partial charge is 0.497 e. The number of hydrogen-bond acceptors (Lipinski definition) is 6. The van der Waals surface area contributed by atoms with Crippen molar-refractivity contribution in [3.8, 4) is 22.8 Å². The predicted molar refractivity (Wildman–Crippen MR) is 100 cm³/mol. The molecule has 4 rings (SSSR count). The average Bonchev–Trinajstić information content (AvgIpc) is 3.19. The molecule has 136 valence electrons. The molecule has 27 heavy (non-hydrogen) atoms. The van der Waals surface area contributed by atoms with Gasteiger partial charge in [0.15, 0.2) is 4.96 Å². The average molecular weight is 382 g/mol. The number of imidazole rings is 1. The Morgan fingerprint density at radius 1 is 1.15 bits per heavy atom. The van der Waals surface area contributed by atoms with Crippen LogP contribution in [0, 0.1) is 0 Å². The van der Waals surface area contributed by atoms with Crippen molar-refractivity contribution in [2.45, 2.75) is 6.42 Å². The highest BCUT2D eigenvalue weighted by atomic mass is 32.1. The zero-order valence-electron chi connectivity index (χ0n) is 14.2. The van der Waals surface area contributed by atoms with E-state index in [0.29, 0.717) is 5.75 Å². The number of aromatic nitrogens is 2. The van der Waals surface area contributed by atoms with Crippen molar-refractivity contribution in [1.82, 2.24) is 9.38 Å². The Hall–Kier alpha value is -3.39. The predicted octanol–water partition coefficient (Wildman–Crippen LogP) is 3.60. The van der Waals surface area contributed by atoms with Crippen LogP contribution in [-0.2, 0) is 9.59 Å². The van der Waals surface area contributed by atoms with Crippen molar-refractivity contribution < 1.29 is 24.2 Å². The molecule has 0 aliphatic carbocycles. The molecule has 0 unspecified atom stereocenters. The number of carbonyl (C=O) groups is 2. The Morgan fingerprint density at radius 2 is 1.89 bits per heavy atom. The van der Waals surface area contributed by atoms with Gasteiger partial charge in [0, 0.05) is 17.8 Å². The SMILES string of the molecule is COc1ccc(-c2cn3c(n2)sc2ccc(OC(=O)CC(=O)O)cc23)cc1. The van der Waals surface area contributed by atoms with Crippen LogP contribution < -0.4 is 9.47 Å². The molecule has 0 bridgehead atoms. The van der Waals surface area contributed by atoms with E-state index in [2.05, 4.69) is 4.98 Å². The van der Waals surface area contributed by atoms with Gasteiger partial charge in [-0.3, -0.25) is 14.0 Å². The molecule has 2 heterocycles. The lowest BCUT2D eigenvalue weighted by molar-refractivity contribution is -0.145. The molecule has 0 fully saturated rings. The maximum Gasteiger partial charge on any atom is 0.322 e. The lowest BCUT2D eigenvalue weighted by Crippen LogP contribution is -2.13. The van der Waals surface area contributed by atoms with Crippen LogP contribution in [0.2, 0.25) is 0 Å². The number of esters is 1. The van der Waals surface area contributed by atoms with Crippen LogP contribution in [0.1, 0.15) is 6.42 Å². The highest BCUT2D eigenvalue weighted by molar-refractivity contribution is 7.23. The Balaban J connectivity index is 1.69. The summed E-state index contributed by atoms with van der Waals surface area (Å²) in [5.74, 6) is -0.957. The van der Waals surface area contributed by atoms with E-state index in [1.54, 1.807) is 19.2 Å². The molecule has 4 aromatic rings. The molecule has 0 saturated carbocycles. The van der Waals surface area contributed by atoms with Crippen LogP contribution in [0.5, 0.6) is 11.5 Å². The Kier molecular flexibility index (Phi) is 4.25. The van der Waals surface area contributed by atoms with Gasteiger partial charge in [0.25, 0.3) is 0 Å². The fourth-order valence-electron chi connectivity index (χ4n) is 2.73. The topological polar surface area (TPSA) is 90.1 Å². The summed E-state index contributed by atoms with van der Waals surface area (Å²) >= 11 is 1.52. The second-order valence-electron chi connectivity index (χ2n) is 5.78. The van der Waals surface area contributed by atoms with Gasteiger partial charge in [-0.2, -0.15) is 0 Å². The first-order chi connectivity index (χ1) is 13.0. The van der Waals surface area contributed by atoms with E-state index in [4.69, 9.17) is 14.6 Å². The molecule has 0 aliphatic heterocycles. The molecule has 0 amide bonds. The summed E-state index contributed by atoms with van der Waals surface area (Å²) in [6.07, 6.45) is 1.24. The molecule has 0 radical (unpaired) electrons. The first kappa shape index (κ1) is 17.0. The van der Waals surface area contributed by atoms with Crippen LogP contribution in [-0.4, -0.2) is 33.5 Å². The van der Waals surface area contributed by atoms with E-state index in [1.165, 1.54) is 11.3 Å². The quantitative estimate of drug-likeness (QED) is 0.322. The van der Waals surface area contributed by atoms with Crippen molar-refractivity contribution in [2.24, 2.45) is 0 Å². The summed E-state index contributed by atoms with van der Waals surface area (Å²) in [4.78, 5) is 27.6. The second-order valence-corrected chi connectivity index (χ2v) is 6.79. The van der Waals surface area contributed by atoms with Gasteiger partial charge < -0.3 is 14.6 Å². The number of carbonyl (C=O) groups excluding carboxylic acids is 1. The molecule has 7 nitrogen and oxygen atoms in total. The van der Waals surface area contributed by atoms with Crippen LogP contribution >= 0.6 is 11.3 Å². The number of aliphatic carboxylic acids is 1. The van der Waals surface area contributed by atoms with E-state index in [9.17, 15) is 9.59 Å². The number of ether oxygens (including phenoxy) is 2. The molecule has 0 spiro atoms.